The number of carbonyl (C=O) groups is 1. The highest BCUT2D eigenvalue weighted by Gasteiger charge is 2.47. The lowest BCUT2D eigenvalue weighted by atomic mass is 10.00. The molecule has 3 atom stereocenters. The molecule has 2 aliphatic carbocycles. The van der Waals surface area contributed by atoms with Crippen LogP contribution in [0.2, 0.25) is 0 Å². The molecular formula is C35H39N9O3. The number of pyridine rings is 1. The lowest BCUT2D eigenvalue weighted by molar-refractivity contribution is 0.0700. The van der Waals surface area contributed by atoms with Gasteiger partial charge in [0.1, 0.15) is 22.7 Å². The maximum atomic E-state index is 13.9. The van der Waals surface area contributed by atoms with Crippen molar-refractivity contribution in [2.75, 3.05) is 38.8 Å². The van der Waals surface area contributed by atoms with Crippen LogP contribution in [0.4, 0.5) is 5.82 Å². The number of fused-ring (bicyclic) bond motifs is 4. The third kappa shape index (κ3) is 4.71. The molecule has 47 heavy (non-hydrogen) atoms. The zero-order valence-corrected chi connectivity index (χ0v) is 26.7. The Bertz CT molecular complexity index is 2010. The average molecular weight is 634 g/mol. The maximum absolute atomic E-state index is 13.9. The predicted molar refractivity (Wildman–Crippen MR) is 178 cm³/mol. The SMILES string of the molecule is COc1nccc(N2CC(Cn3c(-c4cc5cccnc5n4CC4CC4)nc4cc(C(=O)N5C[C@H]6CC[C@@H]5[C@@H]6N)cc(OC)c43)C2)n1. The number of anilines is 1. The van der Waals surface area contributed by atoms with E-state index in [2.05, 4.69) is 36.1 Å². The topological polar surface area (TPSA) is 129 Å². The Morgan fingerprint density at radius 2 is 1.77 bits per heavy atom. The summed E-state index contributed by atoms with van der Waals surface area (Å²) >= 11 is 0. The molecule has 5 aromatic rings. The molecule has 12 heteroatoms. The van der Waals surface area contributed by atoms with E-state index in [1.807, 2.05) is 35.4 Å². The summed E-state index contributed by atoms with van der Waals surface area (Å²) < 4.78 is 15.9. The number of nitrogens with two attached hydrogens (primary N) is 1. The van der Waals surface area contributed by atoms with Gasteiger partial charge < -0.3 is 34.1 Å². The van der Waals surface area contributed by atoms with Crippen LogP contribution < -0.4 is 20.1 Å². The lowest BCUT2D eigenvalue weighted by Crippen LogP contribution is -2.49. The summed E-state index contributed by atoms with van der Waals surface area (Å²) in [5.41, 5.74) is 10.7. The molecule has 2 saturated carbocycles. The highest BCUT2D eigenvalue weighted by atomic mass is 16.5. The van der Waals surface area contributed by atoms with Gasteiger partial charge in [-0.25, -0.2) is 15.0 Å². The molecule has 9 rings (SSSR count). The van der Waals surface area contributed by atoms with E-state index in [0.717, 1.165) is 85.0 Å². The zero-order valence-electron chi connectivity index (χ0n) is 26.7. The van der Waals surface area contributed by atoms with Gasteiger partial charge in [0.2, 0.25) is 0 Å². The van der Waals surface area contributed by atoms with Crippen molar-refractivity contribution in [2.24, 2.45) is 23.5 Å². The Morgan fingerprint density at radius 3 is 2.51 bits per heavy atom. The number of carbonyl (C=O) groups excluding carboxylic acids is 1. The number of amides is 1. The molecular weight excluding hydrogens is 594 g/mol. The molecule has 4 aromatic heterocycles. The first-order valence-corrected chi connectivity index (χ1v) is 16.7. The number of imidazole rings is 1. The van der Waals surface area contributed by atoms with Gasteiger partial charge in [-0.3, -0.25) is 4.79 Å². The molecule has 6 heterocycles. The van der Waals surface area contributed by atoms with E-state index in [1.165, 1.54) is 12.8 Å². The monoisotopic (exact) mass is 633 g/mol. The van der Waals surface area contributed by atoms with Crippen LogP contribution in [-0.2, 0) is 13.1 Å². The number of benzene rings is 1. The van der Waals surface area contributed by atoms with Crippen molar-refractivity contribution < 1.29 is 14.3 Å². The fourth-order valence-corrected chi connectivity index (χ4v) is 8.08. The van der Waals surface area contributed by atoms with E-state index >= 15 is 0 Å². The largest absolute Gasteiger partial charge is 0.494 e. The number of likely N-dealkylation sites (tertiary alicyclic amines) is 1. The summed E-state index contributed by atoms with van der Waals surface area (Å²) in [5.74, 6) is 3.76. The Labute approximate surface area is 272 Å². The van der Waals surface area contributed by atoms with Crippen molar-refractivity contribution in [1.82, 2.24) is 34.0 Å². The van der Waals surface area contributed by atoms with Gasteiger partial charge in [-0.15, -0.1) is 0 Å². The van der Waals surface area contributed by atoms with Crippen LogP contribution in [-0.4, -0.2) is 85.8 Å². The summed E-state index contributed by atoms with van der Waals surface area (Å²) in [5, 5.41) is 1.09. The normalized spacial score (nSPS) is 22.4. The van der Waals surface area contributed by atoms with Crippen LogP contribution in [0.25, 0.3) is 33.6 Å². The van der Waals surface area contributed by atoms with Gasteiger partial charge >= 0.3 is 6.01 Å². The molecule has 2 N–H and O–H groups in total. The van der Waals surface area contributed by atoms with Crippen LogP contribution >= 0.6 is 0 Å². The van der Waals surface area contributed by atoms with E-state index in [9.17, 15) is 4.79 Å². The first-order chi connectivity index (χ1) is 23.0. The van der Waals surface area contributed by atoms with Crippen molar-refractivity contribution in [3.8, 4) is 23.3 Å². The van der Waals surface area contributed by atoms with Crippen molar-refractivity contribution in [3.63, 3.8) is 0 Å². The van der Waals surface area contributed by atoms with Crippen LogP contribution in [0.3, 0.4) is 0 Å². The van der Waals surface area contributed by atoms with E-state index < -0.39 is 0 Å². The first-order valence-electron chi connectivity index (χ1n) is 16.7. The van der Waals surface area contributed by atoms with Gasteiger partial charge in [0.25, 0.3) is 5.91 Å². The standard InChI is InChI=1S/C35H39N9O3/c1-46-28-14-24(34(45)43-19-23-7-8-26(43)30(23)36)12-25-31(28)44(18-21-15-41(16-21)29-9-11-38-35(40-29)47-2)33(39-25)27-13-22-4-3-10-37-32(22)42(27)17-20-5-6-20/h3-4,9-14,20-21,23,26,30H,5-8,15-19,36H2,1-2H3/t23-,26-,30-/m1/s1. The van der Waals surface area contributed by atoms with E-state index in [1.54, 1.807) is 20.4 Å². The van der Waals surface area contributed by atoms with Crippen LogP contribution in [0.5, 0.6) is 11.8 Å². The summed E-state index contributed by atoms with van der Waals surface area (Å²) in [6, 6.07) is 12.6. The Balaban J connectivity index is 1.13. The molecule has 0 radical (unpaired) electrons. The minimum atomic E-state index is 0.00547. The predicted octanol–water partition coefficient (Wildman–Crippen LogP) is 3.97. The molecule has 12 nitrogen and oxygen atoms in total. The average Bonchev–Trinajstić information content (AvgIpc) is 3.44. The van der Waals surface area contributed by atoms with Gasteiger partial charge in [0, 0.05) is 74.1 Å². The Hall–Kier alpha value is -4.71. The second-order valence-corrected chi connectivity index (χ2v) is 13.7. The van der Waals surface area contributed by atoms with Crippen molar-refractivity contribution in [1.29, 1.82) is 0 Å². The van der Waals surface area contributed by atoms with E-state index in [0.29, 0.717) is 35.1 Å². The molecule has 242 valence electrons. The number of rotatable bonds is 9. The van der Waals surface area contributed by atoms with Crippen LogP contribution in [0.1, 0.15) is 36.0 Å². The molecule has 0 spiro atoms. The van der Waals surface area contributed by atoms with Gasteiger partial charge in [-0.1, -0.05) is 0 Å². The van der Waals surface area contributed by atoms with Crippen LogP contribution in [0.15, 0.2) is 48.8 Å². The van der Waals surface area contributed by atoms with Crippen molar-refractivity contribution in [2.45, 2.75) is 50.9 Å². The second-order valence-electron chi connectivity index (χ2n) is 13.7. The zero-order chi connectivity index (χ0) is 31.8. The second kappa shape index (κ2) is 10.9. The number of methoxy groups -OCH3 is 2. The van der Waals surface area contributed by atoms with E-state index in [-0.39, 0.29) is 18.0 Å². The van der Waals surface area contributed by atoms with Gasteiger partial charge in [-0.05, 0) is 73.9 Å². The van der Waals surface area contributed by atoms with Gasteiger partial charge in [0.15, 0.2) is 5.82 Å². The lowest BCUT2D eigenvalue weighted by Gasteiger charge is -2.40. The Morgan fingerprint density at radius 1 is 0.915 bits per heavy atom. The number of hydrogen-bond acceptors (Lipinski definition) is 9. The number of aromatic nitrogens is 6. The number of hydrogen-bond donors (Lipinski definition) is 1. The number of nitrogens with zero attached hydrogens (tertiary/aromatic N) is 8. The first kappa shape index (κ1) is 28.5. The molecule has 2 saturated heterocycles. The summed E-state index contributed by atoms with van der Waals surface area (Å²) in [6.07, 6.45) is 8.12. The number of piperidine rings is 1. The maximum Gasteiger partial charge on any atom is 0.318 e. The molecule has 0 unspecified atom stereocenters. The molecule has 2 bridgehead atoms. The molecule has 4 aliphatic rings. The highest BCUT2D eigenvalue weighted by Crippen LogP contribution is 2.41. The summed E-state index contributed by atoms with van der Waals surface area (Å²) in [7, 11) is 3.26. The summed E-state index contributed by atoms with van der Waals surface area (Å²) in [4.78, 5) is 37.0. The van der Waals surface area contributed by atoms with E-state index in [4.69, 9.17) is 25.2 Å². The van der Waals surface area contributed by atoms with Gasteiger partial charge in [-0.2, -0.15) is 4.98 Å². The molecule has 1 amide bonds. The number of ether oxygens (including phenoxy) is 2. The fourth-order valence-electron chi connectivity index (χ4n) is 8.08. The van der Waals surface area contributed by atoms with Crippen LogP contribution in [0, 0.1) is 17.8 Å². The highest BCUT2D eigenvalue weighted by molar-refractivity contribution is 6.00. The van der Waals surface area contributed by atoms with Crippen molar-refractivity contribution in [3.05, 3.63) is 54.4 Å². The summed E-state index contributed by atoms with van der Waals surface area (Å²) in [6.45, 7) is 4.03. The molecule has 1 aromatic carbocycles. The third-order valence-corrected chi connectivity index (χ3v) is 10.7. The molecule has 4 fully saturated rings. The van der Waals surface area contributed by atoms with Crippen molar-refractivity contribution >= 4 is 33.8 Å². The fraction of sp³-hybridized carbons (Fsp3) is 0.457. The smallest absolute Gasteiger partial charge is 0.318 e. The van der Waals surface area contributed by atoms with Gasteiger partial charge in [0.05, 0.1) is 25.4 Å². The Kier molecular flexibility index (Phi) is 6.63. The quantitative estimate of drug-likeness (QED) is 0.256. The third-order valence-electron chi connectivity index (χ3n) is 10.7. The molecule has 2 aliphatic heterocycles. The minimum Gasteiger partial charge on any atom is -0.494 e. The minimum absolute atomic E-state index is 0.00547.